The van der Waals surface area contributed by atoms with Gasteiger partial charge in [-0.2, -0.15) is 5.26 Å². The van der Waals surface area contributed by atoms with Gasteiger partial charge in [0.2, 0.25) is 0 Å². The Bertz CT molecular complexity index is 716. The number of carbonyl (C=O) groups is 2. The molecule has 1 aliphatic rings. The van der Waals surface area contributed by atoms with Crippen molar-refractivity contribution < 1.29 is 14.3 Å². The van der Waals surface area contributed by atoms with Crippen molar-refractivity contribution in [2.75, 3.05) is 6.54 Å². The summed E-state index contributed by atoms with van der Waals surface area (Å²) in [6, 6.07) is 7.13. The minimum Gasteiger partial charge on any atom is -0.443 e. The molecule has 0 N–H and O–H groups in total. The van der Waals surface area contributed by atoms with Crippen molar-refractivity contribution in [2.45, 2.75) is 70.9 Å². The Balaban J connectivity index is 2.14. The molecule has 0 unspecified atom stereocenters. The van der Waals surface area contributed by atoms with E-state index in [2.05, 4.69) is 22.6 Å². The second-order valence-corrected chi connectivity index (χ2v) is 9.30. The maximum absolute atomic E-state index is 13.1. The fourth-order valence-electron chi connectivity index (χ4n) is 3.24. The lowest BCUT2D eigenvalue weighted by molar-refractivity contribution is 0.0194. The number of hydrogen-bond donors (Lipinski definition) is 0. The number of halogens is 1. The molecule has 1 fully saturated rings. The van der Waals surface area contributed by atoms with Crippen molar-refractivity contribution in [2.24, 2.45) is 0 Å². The number of ether oxygens (including phenoxy) is 1. The second-order valence-electron chi connectivity index (χ2n) is 8.05. The number of amides is 3. The number of benzene rings is 1. The van der Waals surface area contributed by atoms with E-state index in [1.165, 1.54) is 4.90 Å². The molecule has 0 radical (unpaired) electrons. The largest absolute Gasteiger partial charge is 0.443 e. The number of nitrogens with zero attached hydrogens (tertiary/aromatic N) is 3. The molecule has 0 aromatic heterocycles. The first-order valence-corrected chi connectivity index (χ1v) is 10.8. The summed E-state index contributed by atoms with van der Waals surface area (Å²) in [5, 5.41) is 9.56. The zero-order valence-corrected chi connectivity index (χ0v) is 18.9. The van der Waals surface area contributed by atoms with Gasteiger partial charge in [0.15, 0.2) is 6.19 Å². The maximum Gasteiger partial charge on any atom is 0.418 e. The van der Waals surface area contributed by atoms with Crippen molar-refractivity contribution in [3.63, 3.8) is 0 Å². The van der Waals surface area contributed by atoms with Crippen LogP contribution >= 0.6 is 22.6 Å². The smallest absolute Gasteiger partial charge is 0.418 e. The summed E-state index contributed by atoms with van der Waals surface area (Å²) in [6.45, 7) is 5.54. The molecule has 2 rings (SSSR count). The highest BCUT2D eigenvalue weighted by atomic mass is 127. The zero-order valence-electron chi connectivity index (χ0n) is 16.8. The number of urea groups is 1. The van der Waals surface area contributed by atoms with Gasteiger partial charge < -0.3 is 4.74 Å². The Hall–Kier alpha value is -1.82. The van der Waals surface area contributed by atoms with Gasteiger partial charge in [-0.25, -0.2) is 19.4 Å². The van der Waals surface area contributed by atoms with E-state index in [4.69, 9.17) is 4.74 Å². The van der Waals surface area contributed by atoms with Crippen LogP contribution in [0.3, 0.4) is 0 Å². The molecule has 1 aliphatic carbocycles. The number of hydrogen-bond acceptors (Lipinski definition) is 4. The summed E-state index contributed by atoms with van der Waals surface area (Å²) in [4.78, 5) is 28.1. The fourth-order valence-corrected chi connectivity index (χ4v) is 3.60. The Morgan fingerprint density at radius 1 is 1.18 bits per heavy atom. The van der Waals surface area contributed by atoms with Crippen LogP contribution < -0.4 is 0 Å². The molecule has 0 saturated heterocycles. The minimum atomic E-state index is -0.705. The standard InChI is InChI=1S/C21H28IN3O3/c1-21(2,3)28-20(27)25(18-7-5-4-6-8-18)19(26)24(15-23)14-13-16-9-11-17(22)12-10-16/h9-12,18H,4-8,13-14H2,1-3H3. The minimum absolute atomic E-state index is 0.217. The summed E-state index contributed by atoms with van der Waals surface area (Å²) in [7, 11) is 0. The first-order chi connectivity index (χ1) is 13.2. The highest BCUT2D eigenvalue weighted by Gasteiger charge is 2.36. The third-order valence-electron chi connectivity index (χ3n) is 4.63. The molecule has 0 atom stereocenters. The van der Waals surface area contributed by atoms with Gasteiger partial charge in [0.25, 0.3) is 0 Å². The summed E-state index contributed by atoms with van der Waals surface area (Å²) < 4.78 is 6.60. The molecule has 0 spiro atoms. The molecule has 3 amide bonds. The van der Waals surface area contributed by atoms with Crippen molar-refractivity contribution in [3.8, 4) is 6.19 Å². The molecule has 0 heterocycles. The average Bonchev–Trinajstić information content (AvgIpc) is 2.63. The van der Waals surface area contributed by atoms with E-state index in [1.807, 2.05) is 30.5 Å². The van der Waals surface area contributed by atoms with Gasteiger partial charge in [-0.05, 0) is 80.3 Å². The molecule has 0 aliphatic heterocycles. The second kappa shape index (κ2) is 10.1. The van der Waals surface area contributed by atoms with Gasteiger partial charge in [0.1, 0.15) is 5.60 Å². The molecule has 152 valence electrons. The Morgan fingerprint density at radius 3 is 2.32 bits per heavy atom. The molecule has 1 aromatic rings. The fraction of sp³-hybridized carbons (Fsp3) is 0.571. The molecule has 1 saturated carbocycles. The summed E-state index contributed by atoms with van der Waals surface area (Å²) in [6.07, 6.45) is 6.36. The van der Waals surface area contributed by atoms with Crippen molar-refractivity contribution in [1.29, 1.82) is 5.26 Å². The Morgan fingerprint density at radius 2 is 1.79 bits per heavy atom. The van der Waals surface area contributed by atoms with Gasteiger partial charge in [0, 0.05) is 16.2 Å². The van der Waals surface area contributed by atoms with Crippen LogP contribution in [0.15, 0.2) is 24.3 Å². The predicted molar refractivity (Wildman–Crippen MR) is 116 cm³/mol. The summed E-state index contributed by atoms with van der Waals surface area (Å²) in [5.74, 6) is 0. The van der Waals surface area contributed by atoms with Gasteiger partial charge in [-0.1, -0.05) is 31.4 Å². The molecule has 0 bridgehead atoms. The first-order valence-electron chi connectivity index (χ1n) is 9.69. The maximum atomic E-state index is 13.1. The monoisotopic (exact) mass is 497 g/mol. The van der Waals surface area contributed by atoms with E-state index >= 15 is 0 Å². The predicted octanol–water partition coefficient (Wildman–Crippen LogP) is 5.31. The van der Waals surface area contributed by atoms with Crippen LogP contribution in [0.1, 0.15) is 58.4 Å². The average molecular weight is 497 g/mol. The van der Waals surface area contributed by atoms with Crippen molar-refractivity contribution >= 4 is 34.7 Å². The van der Waals surface area contributed by atoms with Crippen LogP contribution in [0.4, 0.5) is 9.59 Å². The van der Waals surface area contributed by atoms with Gasteiger partial charge in [0.05, 0.1) is 0 Å². The van der Waals surface area contributed by atoms with E-state index in [0.717, 1.165) is 46.1 Å². The highest BCUT2D eigenvalue weighted by molar-refractivity contribution is 14.1. The quantitative estimate of drug-likeness (QED) is 0.321. The number of rotatable bonds is 4. The molecular formula is C21H28IN3O3. The van der Waals surface area contributed by atoms with Crippen molar-refractivity contribution in [3.05, 3.63) is 33.4 Å². The normalized spacial score (nSPS) is 14.8. The molecule has 28 heavy (non-hydrogen) atoms. The van der Waals surface area contributed by atoms with Gasteiger partial charge >= 0.3 is 12.1 Å². The van der Waals surface area contributed by atoms with Gasteiger partial charge in [-0.15, -0.1) is 0 Å². The first kappa shape index (κ1) is 22.5. The lowest BCUT2D eigenvalue weighted by atomic mass is 9.94. The SMILES string of the molecule is CC(C)(C)OC(=O)N(C(=O)N(C#N)CCc1ccc(I)cc1)C1CCCCC1. The van der Waals surface area contributed by atoms with Crippen LogP contribution in [0.5, 0.6) is 0 Å². The summed E-state index contributed by atoms with van der Waals surface area (Å²) in [5.41, 5.74) is 0.332. The van der Waals surface area contributed by atoms with Crippen LogP contribution in [0, 0.1) is 15.0 Å². The number of carbonyl (C=O) groups excluding carboxylic acids is 2. The van der Waals surface area contributed by atoms with E-state index in [0.29, 0.717) is 6.42 Å². The zero-order chi connectivity index (χ0) is 20.7. The van der Waals surface area contributed by atoms with Crippen LogP contribution in [-0.4, -0.2) is 40.1 Å². The lowest BCUT2D eigenvalue weighted by Gasteiger charge is -2.35. The van der Waals surface area contributed by atoms with Crippen LogP contribution in [0.2, 0.25) is 0 Å². The Kier molecular flexibility index (Phi) is 8.10. The number of imide groups is 1. The van der Waals surface area contributed by atoms with E-state index in [-0.39, 0.29) is 12.6 Å². The highest BCUT2D eigenvalue weighted by Crippen LogP contribution is 2.25. The third-order valence-corrected chi connectivity index (χ3v) is 5.34. The van der Waals surface area contributed by atoms with Crippen LogP contribution in [-0.2, 0) is 11.2 Å². The summed E-state index contributed by atoms with van der Waals surface area (Å²) >= 11 is 2.23. The van der Waals surface area contributed by atoms with Crippen LogP contribution in [0.25, 0.3) is 0 Å². The molecular weight excluding hydrogens is 469 g/mol. The van der Waals surface area contributed by atoms with E-state index in [1.54, 1.807) is 20.8 Å². The third kappa shape index (κ3) is 6.66. The van der Waals surface area contributed by atoms with Crippen molar-refractivity contribution in [1.82, 2.24) is 9.80 Å². The molecule has 7 heteroatoms. The number of nitriles is 1. The van der Waals surface area contributed by atoms with E-state index in [9.17, 15) is 14.9 Å². The van der Waals surface area contributed by atoms with Gasteiger partial charge in [-0.3, -0.25) is 0 Å². The molecule has 1 aromatic carbocycles. The topological polar surface area (TPSA) is 73.6 Å². The van der Waals surface area contributed by atoms with E-state index < -0.39 is 17.7 Å². The Labute approximate surface area is 181 Å². The lowest BCUT2D eigenvalue weighted by Crippen LogP contribution is -2.52. The molecule has 6 nitrogen and oxygen atoms in total.